The van der Waals surface area contributed by atoms with Crippen molar-refractivity contribution in [3.63, 3.8) is 0 Å². The Hall–Kier alpha value is -1.91. The monoisotopic (exact) mass is 308 g/mol. The van der Waals surface area contributed by atoms with E-state index in [4.69, 9.17) is 37.9 Å². The third-order valence-corrected chi connectivity index (χ3v) is 3.67. The lowest BCUT2D eigenvalue weighted by Crippen LogP contribution is -1.87. The first-order valence-corrected chi connectivity index (χ1v) is 6.58. The van der Waals surface area contributed by atoms with Crippen LogP contribution in [0.15, 0.2) is 39.5 Å². The minimum atomic E-state index is 0.220. The molecule has 0 amide bonds. The standard InChI is InChI=1S/C14H10Cl2N2O2/c1-7-4-9(6-19-7)13-12(14(17)20-18-13)8-2-3-10(15)11(16)5-8/h2-6H,17H2,1H3. The number of nitrogen functional groups attached to an aromatic ring is 1. The molecular formula is C14H10Cl2N2O2. The van der Waals surface area contributed by atoms with Gasteiger partial charge in [0.1, 0.15) is 17.7 Å². The van der Waals surface area contributed by atoms with Crippen molar-refractivity contribution in [3.8, 4) is 22.4 Å². The van der Waals surface area contributed by atoms with E-state index in [0.717, 1.165) is 16.9 Å². The molecule has 4 nitrogen and oxygen atoms in total. The van der Waals surface area contributed by atoms with Gasteiger partial charge in [0.2, 0.25) is 5.88 Å². The Kier molecular flexibility index (Phi) is 3.20. The van der Waals surface area contributed by atoms with E-state index in [2.05, 4.69) is 5.16 Å². The number of benzene rings is 1. The number of aryl methyl sites for hydroxylation is 1. The minimum absolute atomic E-state index is 0.220. The number of nitrogens with two attached hydrogens (primary N) is 1. The summed E-state index contributed by atoms with van der Waals surface area (Å²) in [6.45, 7) is 1.85. The van der Waals surface area contributed by atoms with Crippen LogP contribution in [-0.4, -0.2) is 5.16 Å². The van der Waals surface area contributed by atoms with E-state index in [0.29, 0.717) is 21.3 Å². The Balaban J connectivity index is 2.18. The summed E-state index contributed by atoms with van der Waals surface area (Å²) in [5.74, 6) is 0.999. The van der Waals surface area contributed by atoms with E-state index in [1.54, 1.807) is 18.4 Å². The zero-order chi connectivity index (χ0) is 14.3. The summed E-state index contributed by atoms with van der Waals surface area (Å²) in [5, 5.41) is 4.91. The molecule has 20 heavy (non-hydrogen) atoms. The molecule has 2 aromatic heterocycles. The highest BCUT2D eigenvalue weighted by molar-refractivity contribution is 6.42. The fourth-order valence-electron chi connectivity index (χ4n) is 2.00. The van der Waals surface area contributed by atoms with Crippen LogP contribution in [0.25, 0.3) is 22.4 Å². The number of nitrogens with zero attached hydrogens (tertiary/aromatic N) is 1. The first-order valence-electron chi connectivity index (χ1n) is 5.82. The predicted molar refractivity (Wildman–Crippen MR) is 78.8 cm³/mol. The van der Waals surface area contributed by atoms with Crippen LogP contribution in [0.1, 0.15) is 5.76 Å². The molecule has 0 atom stereocenters. The van der Waals surface area contributed by atoms with Crippen LogP contribution in [0.2, 0.25) is 10.0 Å². The summed E-state index contributed by atoms with van der Waals surface area (Å²) in [6.07, 6.45) is 1.60. The second kappa shape index (κ2) is 4.89. The van der Waals surface area contributed by atoms with E-state index in [9.17, 15) is 0 Å². The van der Waals surface area contributed by atoms with Crippen molar-refractivity contribution in [1.29, 1.82) is 0 Å². The molecule has 3 rings (SSSR count). The number of aromatic nitrogens is 1. The molecule has 0 aliphatic heterocycles. The number of anilines is 1. The van der Waals surface area contributed by atoms with Crippen molar-refractivity contribution in [1.82, 2.24) is 5.16 Å². The lowest BCUT2D eigenvalue weighted by Gasteiger charge is -2.03. The van der Waals surface area contributed by atoms with Gasteiger partial charge in [-0.15, -0.1) is 0 Å². The molecule has 0 aliphatic rings. The molecule has 6 heteroatoms. The molecule has 2 heterocycles. The molecule has 0 saturated carbocycles. The van der Waals surface area contributed by atoms with E-state index in [1.807, 2.05) is 19.1 Å². The molecule has 0 fully saturated rings. The van der Waals surface area contributed by atoms with Gasteiger partial charge in [-0.25, -0.2) is 0 Å². The maximum atomic E-state index is 6.04. The third-order valence-electron chi connectivity index (χ3n) is 2.93. The summed E-state index contributed by atoms with van der Waals surface area (Å²) >= 11 is 12.0. The lowest BCUT2D eigenvalue weighted by atomic mass is 10.0. The minimum Gasteiger partial charge on any atom is -0.469 e. The van der Waals surface area contributed by atoms with E-state index >= 15 is 0 Å². The summed E-state index contributed by atoms with van der Waals surface area (Å²) in [5.41, 5.74) is 8.73. The maximum Gasteiger partial charge on any atom is 0.230 e. The quantitative estimate of drug-likeness (QED) is 0.738. The van der Waals surface area contributed by atoms with Crippen molar-refractivity contribution < 1.29 is 8.94 Å². The first-order chi connectivity index (χ1) is 9.56. The van der Waals surface area contributed by atoms with E-state index in [-0.39, 0.29) is 5.88 Å². The molecule has 0 radical (unpaired) electrons. The van der Waals surface area contributed by atoms with Crippen LogP contribution >= 0.6 is 23.2 Å². The van der Waals surface area contributed by atoms with Crippen molar-refractivity contribution >= 4 is 29.1 Å². The van der Waals surface area contributed by atoms with Crippen LogP contribution < -0.4 is 5.73 Å². The molecule has 1 aromatic carbocycles. The van der Waals surface area contributed by atoms with Gasteiger partial charge in [-0.1, -0.05) is 34.4 Å². The van der Waals surface area contributed by atoms with Gasteiger partial charge in [-0.3, -0.25) is 0 Å². The highest BCUT2D eigenvalue weighted by Gasteiger charge is 2.19. The van der Waals surface area contributed by atoms with Crippen molar-refractivity contribution in [2.24, 2.45) is 0 Å². The van der Waals surface area contributed by atoms with Gasteiger partial charge in [0, 0.05) is 5.56 Å². The number of furan rings is 1. The van der Waals surface area contributed by atoms with Gasteiger partial charge in [0.05, 0.1) is 15.6 Å². The highest BCUT2D eigenvalue weighted by atomic mass is 35.5. The van der Waals surface area contributed by atoms with Gasteiger partial charge < -0.3 is 14.7 Å². The maximum absolute atomic E-state index is 6.04. The summed E-state index contributed by atoms with van der Waals surface area (Å²) in [7, 11) is 0. The lowest BCUT2D eigenvalue weighted by molar-refractivity contribution is 0.439. The molecule has 0 aliphatic carbocycles. The normalized spacial score (nSPS) is 10.9. The van der Waals surface area contributed by atoms with Gasteiger partial charge in [0.25, 0.3) is 0 Å². The molecule has 0 saturated heterocycles. The summed E-state index contributed by atoms with van der Waals surface area (Å²) in [4.78, 5) is 0. The highest BCUT2D eigenvalue weighted by Crippen LogP contribution is 2.38. The SMILES string of the molecule is Cc1cc(-c2noc(N)c2-c2ccc(Cl)c(Cl)c2)co1. The average molecular weight is 309 g/mol. The van der Waals surface area contributed by atoms with Crippen molar-refractivity contribution in [2.75, 3.05) is 5.73 Å². The Bertz CT molecular complexity index is 777. The molecule has 0 spiro atoms. The van der Waals surface area contributed by atoms with Crippen LogP contribution in [0, 0.1) is 6.92 Å². The second-order valence-electron chi connectivity index (χ2n) is 4.35. The van der Waals surface area contributed by atoms with Crippen LogP contribution in [0.4, 0.5) is 5.88 Å². The Morgan fingerprint density at radius 3 is 2.55 bits per heavy atom. The summed E-state index contributed by atoms with van der Waals surface area (Å²) in [6, 6.07) is 7.10. The Labute approximate surface area is 125 Å². The Morgan fingerprint density at radius 2 is 1.90 bits per heavy atom. The predicted octanol–water partition coefficient (Wildman–Crippen LogP) is 4.80. The Morgan fingerprint density at radius 1 is 1.10 bits per heavy atom. The largest absolute Gasteiger partial charge is 0.469 e. The molecule has 102 valence electrons. The fourth-order valence-corrected chi connectivity index (χ4v) is 2.30. The first kappa shape index (κ1) is 13.1. The smallest absolute Gasteiger partial charge is 0.230 e. The molecule has 0 bridgehead atoms. The fraction of sp³-hybridized carbons (Fsp3) is 0.0714. The zero-order valence-corrected chi connectivity index (χ0v) is 12.0. The molecule has 2 N–H and O–H groups in total. The van der Waals surface area contributed by atoms with Crippen molar-refractivity contribution in [2.45, 2.75) is 6.92 Å². The zero-order valence-electron chi connectivity index (χ0n) is 10.5. The molecular weight excluding hydrogens is 299 g/mol. The van der Waals surface area contributed by atoms with Crippen LogP contribution in [0.3, 0.4) is 0 Å². The van der Waals surface area contributed by atoms with Crippen molar-refractivity contribution in [3.05, 3.63) is 46.3 Å². The van der Waals surface area contributed by atoms with E-state index < -0.39 is 0 Å². The average Bonchev–Trinajstić information content (AvgIpc) is 2.99. The van der Waals surface area contributed by atoms with Crippen LogP contribution in [0.5, 0.6) is 0 Å². The summed E-state index contributed by atoms with van der Waals surface area (Å²) < 4.78 is 10.4. The van der Waals surface area contributed by atoms with Gasteiger partial charge in [-0.2, -0.15) is 0 Å². The number of rotatable bonds is 2. The molecule has 3 aromatic rings. The van der Waals surface area contributed by atoms with Crippen LogP contribution in [-0.2, 0) is 0 Å². The second-order valence-corrected chi connectivity index (χ2v) is 5.16. The van der Waals surface area contributed by atoms with Gasteiger partial charge >= 0.3 is 0 Å². The molecule has 0 unspecified atom stereocenters. The number of halogens is 2. The van der Waals surface area contributed by atoms with Gasteiger partial charge in [0.15, 0.2) is 0 Å². The van der Waals surface area contributed by atoms with E-state index in [1.165, 1.54) is 0 Å². The number of hydrogen-bond acceptors (Lipinski definition) is 4. The third kappa shape index (κ3) is 2.17. The van der Waals surface area contributed by atoms with Gasteiger partial charge in [-0.05, 0) is 30.7 Å². The topological polar surface area (TPSA) is 65.2 Å². The number of hydrogen-bond donors (Lipinski definition) is 1.